The van der Waals surface area contributed by atoms with Gasteiger partial charge in [-0.2, -0.15) is 0 Å². The Bertz CT molecular complexity index is 618. The summed E-state index contributed by atoms with van der Waals surface area (Å²) in [6, 6.07) is 10.6. The third-order valence-electron chi connectivity index (χ3n) is 4.06. The van der Waals surface area contributed by atoms with Crippen LogP contribution in [0.2, 0.25) is 0 Å². The minimum absolute atomic E-state index is 0.0167. The van der Waals surface area contributed by atoms with Crippen LogP contribution in [0.5, 0.6) is 0 Å². The fourth-order valence-corrected chi connectivity index (χ4v) is 2.76. The highest BCUT2D eigenvalue weighted by Gasteiger charge is 2.21. The van der Waals surface area contributed by atoms with Crippen LogP contribution < -0.4 is 10.2 Å². The van der Waals surface area contributed by atoms with Crippen LogP contribution in [0.3, 0.4) is 0 Å². The van der Waals surface area contributed by atoms with Crippen LogP contribution in [-0.2, 0) is 11.2 Å². The van der Waals surface area contributed by atoms with Gasteiger partial charge in [-0.3, -0.25) is 4.79 Å². The van der Waals surface area contributed by atoms with Gasteiger partial charge >= 0.3 is 0 Å². The van der Waals surface area contributed by atoms with E-state index in [1.165, 1.54) is 5.69 Å². The van der Waals surface area contributed by atoms with Crippen LogP contribution >= 0.6 is 0 Å². The van der Waals surface area contributed by atoms with Gasteiger partial charge in [-0.1, -0.05) is 28.5 Å². The molecule has 0 saturated carbocycles. The molecular formula is C16H20N4O2. The molecule has 0 atom stereocenters. The zero-order valence-electron chi connectivity index (χ0n) is 12.7. The largest absolute Gasteiger partial charge is 0.371 e. The molecule has 2 aromatic rings. The lowest BCUT2D eigenvalue weighted by molar-refractivity contribution is -0.121. The van der Waals surface area contributed by atoms with Gasteiger partial charge in [0.25, 0.3) is 0 Å². The zero-order valence-corrected chi connectivity index (χ0v) is 12.7. The highest BCUT2D eigenvalue weighted by molar-refractivity contribution is 5.78. The summed E-state index contributed by atoms with van der Waals surface area (Å²) < 4.78 is 4.61. The Morgan fingerprint density at radius 2 is 2.00 bits per heavy atom. The number of aryl methyl sites for hydroxylation is 1. The van der Waals surface area contributed by atoms with Crippen molar-refractivity contribution in [1.29, 1.82) is 0 Å². The lowest BCUT2D eigenvalue weighted by atomic mass is 10.0. The molecule has 1 N–H and O–H groups in total. The predicted octanol–water partition coefficient (Wildman–Crippen LogP) is 1.71. The number of hydrogen-bond acceptors (Lipinski definition) is 5. The van der Waals surface area contributed by atoms with Crippen LogP contribution in [0.1, 0.15) is 24.2 Å². The molecule has 0 unspecified atom stereocenters. The van der Waals surface area contributed by atoms with Crippen molar-refractivity contribution in [3.05, 3.63) is 41.7 Å². The number of carbonyl (C=O) groups is 1. The Balaban J connectivity index is 1.48. The van der Waals surface area contributed by atoms with E-state index >= 15 is 0 Å². The topological polar surface area (TPSA) is 71.3 Å². The van der Waals surface area contributed by atoms with Gasteiger partial charge in [-0.15, -0.1) is 0 Å². The molecule has 1 aliphatic heterocycles. The molecule has 22 heavy (non-hydrogen) atoms. The maximum Gasteiger partial charge on any atom is 0.226 e. The number of anilines is 1. The molecule has 1 fully saturated rings. The average molecular weight is 300 g/mol. The normalized spacial score (nSPS) is 15.8. The minimum atomic E-state index is -0.0167. The molecule has 1 aromatic heterocycles. The van der Waals surface area contributed by atoms with Crippen molar-refractivity contribution in [1.82, 2.24) is 15.6 Å². The Kier molecular flexibility index (Phi) is 4.37. The average Bonchev–Trinajstić information content (AvgIpc) is 2.94. The molecule has 0 aliphatic carbocycles. The highest BCUT2D eigenvalue weighted by atomic mass is 16.6. The molecule has 0 radical (unpaired) electrons. The number of amides is 1. The Morgan fingerprint density at radius 1 is 1.27 bits per heavy atom. The van der Waals surface area contributed by atoms with E-state index in [4.69, 9.17) is 0 Å². The van der Waals surface area contributed by atoms with E-state index < -0.39 is 0 Å². The van der Waals surface area contributed by atoms with E-state index in [2.05, 4.69) is 49.4 Å². The number of hydrogen-bond donors (Lipinski definition) is 1. The van der Waals surface area contributed by atoms with Crippen molar-refractivity contribution in [2.45, 2.75) is 32.2 Å². The Morgan fingerprint density at radius 3 is 2.64 bits per heavy atom. The van der Waals surface area contributed by atoms with E-state index in [0.29, 0.717) is 11.4 Å². The second kappa shape index (κ2) is 6.60. The lowest BCUT2D eigenvalue weighted by Gasteiger charge is -2.34. The Labute approximate surface area is 129 Å². The summed E-state index contributed by atoms with van der Waals surface area (Å²) in [4.78, 5) is 14.4. The highest BCUT2D eigenvalue weighted by Crippen LogP contribution is 2.19. The van der Waals surface area contributed by atoms with Crippen LogP contribution in [0.4, 0.5) is 5.69 Å². The summed E-state index contributed by atoms with van der Waals surface area (Å²) in [5.74, 6) is -0.0167. The SMILES string of the molecule is Cc1nonc1CC(=O)NC1CCN(c2ccccc2)CC1. The molecule has 0 spiro atoms. The molecule has 1 aromatic carbocycles. The number of nitrogens with zero attached hydrogens (tertiary/aromatic N) is 3. The number of nitrogens with one attached hydrogen (secondary N) is 1. The first-order valence-electron chi connectivity index (χ1n) is 7.60. The van der Waals surface area contributed by atoms with Crippen LogP contribution in [-0.4, -0.2) is 35.4 Å². The summed E-state index contributed by atoms with van der Waals surface area (Å²) in [6.45, 7) is 3.70. The van der Waals surface area contributed by atoms with Crippen molar-refractivity contribution in [2.24, 2.45) is 0 Å². The Hall–Kier alpha value is -2.37. The number of para-hydroxylation sites is 1. The molecular weight excluding hydrogens is 280 g/mol. The van der Waals surface area contributed by atoms with Crippen molar-refractivity contribution >= 4 is 11.6 Å². The fourth-order valence-electron chi connectivity index (χ4n) is 2.76. The van der Waals surface area contributed by atoms with Gasteiger partial charge in [0.15, 0.2) is 0 Å². The van der Waals surface area contributed by atoms with Crippen molar-refractivity contribution in [3.8, 4) is 0 Å². The number of aromatic nitrogens is 2. The fraction of sp³-hybridized carbons (Fsp3) is 0.438. The maximum atomic E-state index is 12.0. The number of piperidine rings is 1. The second-order valence-corrected chi connectivity index (χ2v) is 5.64. The van der Waals surface area contributed by atoms with Crippen LogP contribution in [0.15, 0.2) is 35.0 Å². The van der Waals surface area contributed by atoms with E-state index in [1.54, 1.807) is 6.92 Å². The number of carbonyl (C=O) groups excluding carboxylic acids is 1. The predicted molar refractivity (Wildman–Crippen MR) is 82.6 cm³/mol. The smallest absolute Gasteiger partial charge is 0.226 e. The van der Waals surface area contributed by atoms with Gasteiger partial charge in [0, 0.05) is 24.8 Å². The van der Waals surface area contributed by atoms with E-state index in [0.717, 1.165) is 25.9 Å². The molecule has 6 heteroatoms. The third kappa shape index (κ3) is 3.44. The second-order valence-electron chi connectivity index (χ2n) is 5.64. The number of benzene rings is 1. The van der Waals surface area contributed by atoms with Gasteiger partial charge in [0.1, 0.15) is 11.4 Å². The van der Waals surface area contributed by atoms with Gasteiger partial charge < -0.3 is 10.2 Å². The summed E-state index contributed by atoms with van der Waals surface area (Å²) in [7, 11) is 0. The standard InChI is InChI=1S/C16H20N4O2/c1-12-15(19-22-18-12)11-16(21)17-13-7-9-20(10-8-13)14-5-3-2-4-6-14/h2-6,13H,7-11H2,1H3,(H,17,21). The monoisotopic (exact) mass is 300 g/mol. The van der Waals surface area contributed by atoms with Crippen molar-refractivity contribution in [2.75, 3.05) is 18.0 Å². The molecule has 6 nitrogen and oxygen atoms in total. The first kappa shape index (κ1) is 14.6. The third-order valence-corrected chi connectivity index (χ3v) is 4.06. The summed E-state index contributed by atoms with van der Waals surface area (Å²) in [5, 5.41) is 10.5. The minimum Gasteiger partial charge on any atom is -0.371 e. The zero-order chi connectivity index (χ0) is 15.4. The molecule has 3 rings (SSSR count). The molecule has 2 heterocycles. The van der Waals surface area contributed by atoms with Gasteiger partial charge in [-0.05, 0) is 31.9 Å². The summed E-state index contributed by atoms with van der Waals surface area (Å²) in [5.41, 5.74) is 2.53. The first-order chi connectivity index (χ1) is 10.7. The van der Waals surface area contributed by atoms with Crippen LogP contribution in [0, 0.1) is 6.92 Å². The first-order valence-corrected chi connectivity index (χ1v) is 7.60. The summed E-state index contributed by atoms with van der Waals surface area (Å²) in [6.07, 6.45) is 2.14. The van der Waals surface area contributed by atoms with Crippen molar-refractivity contribution < 1.29 is 9.42 Å². The van der Waals surface area contributed by atoms with E-state index in [1.807, 2.05) is 6.07 Å². The molecule has 1 saturated heterocycles. The number of rotatable bonds is 4. The lowest BCUT2D eigenvalue weighted by Crippen LogP contribution is -2.45. The maximum absolute atomic E-state index is 12.0. The van der Waals surface area contributed by atoms with E-state index in [-0.39, 0.29) is 18.4 Å². The van der Waals surface area contributed by atoms with Crippen LogP contribution in [0.25, 0.3) is 0 Å². The molecule has 1 amide bonds. The van der Waals surface area contributed by atoms with Gasteiger partial charge in [-0.25, -0.2) is 4.63 Å². The van der Waals surface area contributed by atoms with Gasteiger partial charge in [0.2, 0.25) is 5.91 Å². The molecule has 0 bridgehead atoms. The molecule has 1 aliphatic rings. The van der Waals surface area contributed by atoms with E-state index in [9.17, 15) is 4.79 Å². The summed E-state index contributed by atoms with van der Waals surface area (Å²) >= 11 is 0. The molecule has 116 valence electrons. The van der Waals surface area contributed by atoms with Gasteiger partial charge in [0.05, 0.1) is 6.42 Å². The van der Waals surface area contributed by atoms with Crippen molar-refractivity contribution in [3.63, 3.8) is 0 Å². The quantitative estimate of drug-likeness (QED) is 0.930.